The predicted octanol–water partition coefficient (Wildman–Crippen LogP) is 2.17. The fourth-order valence-electron chi connectivity index (χ4n) is 1.65. The molecule has 3 nitrogen and oxygen atoms in total. The van der Waals surface area contributed by atoms with Gasteiger partial charge in [-0.1, -0.05) is 6.42 Å². The molecule has 0 saturated heterocycles. The van der Waals surface area contributed by atoms with Crippen LogP contribution >= 0.6 is 0 Å². The van der Waals surface area contributed by atoms with Crippen molar-refractivity contribution >= 4 is 6.29 Å². The first-order chi connectivity index (χ1) is 6.85. The van der Waals surface area contributed by atoms with Crippen LogP contribution in [0.25, 0.3) is 0 Å². The van der Waals surface area contributed by atoms with E-state index in [9.17, 15) is 4.79 Å². The van der Waals surface area contributed by atoms with E-state index in [-0.39, 0.29) is 0 Å². The van der Waals surface area contributed by atoms with Gasteiger partial charge in [0, 0.05) is 11.6 Å². The van der Waals surface area contributed by atoms with Gasteiger partial charge in [0.1, 0.15) is 0 Å². The van der Waals surface area contributed by atoms with Gasteiger partial charge in [0.05, 0.1) is 12.7 Å². The van der Waals surface area contributed by atoms with Crippen LogP contribution < -0.4 is 4.74 Å². The molecule has 1 heterocycles. The summed E-state index contributed by atoms with van der Waals surface area (Å²) in [6.07, 6.45) is 4.47. The van der Waals surface area contributed by atoms with Crippen molar-refractivity contribution in [3.8, 4) is 5.88 Å². The van der Waals surface area contributed by atoms with E-state index in [0.717, 1.165) is 12.0 Å². The molecule has 1 aliphatic carbocycles. The van der Waals surface area contributed by atoms with Gasteiger partial charge in [-0.25, -0.2) is 4.98 Å². The summed E-state index contributed by atoms with van der Waals surface area (Å²) in [5.74, 6) is 1.02. The quantitative estimate of drug-likeness (QED) is 0.687. The van der Waals surface area contributed by atoms with E-state index in [4.69, 9.17) is 4.74 Å². The van der Waals surface area contributed by atoms with Crippen LogP contribution in [0.5, 0.6) is 5.88 Å². The zero-order chi connectivity index (χ0) is 9.97. The molecule has 1 aliphatic rings. The molecule has 14 heavy (non-hydrogen) atoms. The number of hydrogen-bond acceptors (Lipinski definition) is 3. The van der Waals surface area contributed by atoms with Crippen LogP contribution in [0.15, 0.2) is 12.1 Å². The second-order valence-electron chi connectivity index (χ2n) is 3.58. The van der Waals surface area contributed by atoms with Crippen LogP contribution in [-0.2, 0) is 0 Å². The van der Waals surface area contributed by atoms with Gasteiger partial charge in [-0.15, -0.1) is 0 Å². The standard InChI is InChI=1S/C11H13NO2/c1-14-11-9(7-13)5-6-10(12-11)8-3-2-4-8/h5-8H,2-4H2,1H3. The molecule has 2 rings (SSSR count). The molecule has 0 radical (unpaired) electrons. The number of aromatic nitrogens is 1. The van der Waals surface area contributed by atoms with Gasteiger partial charge in [0.15, 0.2) is 6.29 Å². The Bertz CT molecular complexity index is 345. The molecule has 0 aliphatic heterocycles. The number of aldehydes is 1. The monoisotopic (exact) mass is 191 g/mol. The largest absolute Gasteiger partial charge is 0.480 e. The van der Waals surface area contributed by atoms with E-state index >= 15 is 0 Å². The maximum Gasteiger partial charge on any atom is 0.224 e. The number of rotatable bonds is 3. The summed E-state index contributed by atoms with van der Waals surface area (Å²) in [7, 11) is 1.54. The van der Waals surface area contributed by atoms with Crippen molar-refractivity contribution in [2.24, 2.45) is 0 Å². The van der Waals surface area contributed by atoms with Gasteiger partial charge < -0.3 is 4.74 Å². The van der Waals surface area contributed by atoms with E-state index < -0.39 is 0 Å². The van der Waals surface area contributed by atoms with Crippen molar-refractivity contribution in [3.05, 3.63) is 23.4 Å². The molecule has 1 aromatic heterocycles. The fourth-order valence-corrected chi connectivity index (χ4v) is 1.65. The topological polar surface area (TPSA) is 39.2 Å². The smallest absolute Gasteiger partial charge is 0.224 e. The lowest BCUT2D eigenvalue weighted by molar-refractivity contribution is 0.112. The number of ether oxygens (including phenoxy) is 1. The number of methoxy groups -OCH3 is 1. The molecule has 74 valence electrons. The summed E-state index contributed by atoms with van der Waals surface area (Å²) >= 11 is 0. The Balaban J connectivity index is 2.30. The van der Waals surface area contributed by atoms with Gasteiger partial charge >= 0.3 is 0 Å². The lowest BCUT2D eigenvalue weighted by Crippen LogP contribution is -2.11. The number of pyridine rings is 1. The zero-order valence-electron chi connectivity index (χ0n) is 8.19. The van der Waals surface area contributed by atoms with Crippen molar-refractivity contribution in [2.45, 2.75) is 25.2 Å². The maximum atomic E-state index is 10.6. The zero-order valence-corrected chi connectivity index (χ0v) is 8.19. The summed E-state index contributed by atoms with van der Waals surface area (Å²) in [5.41, 5.74) is 1.58. The van der Waals surface area contributed by atoms with Crippen LogP contribution in [0.1, 0.15) is 41.2 Å². The van der Waals surface area contributed by atoms with E-state index in [0.29, 0.717) is 17.4 Å². The molecule has 1 fully saturated rings. The molecule has 3 heteroatoms. The minimum absolute atomic E-state index is 0.449. The Kier molecular flexibility index (Phi) is 2.48. The van der Waals surface area contributed by atoms with Crippen molar-refractivity contribution in [1.82, 2.24) is 4.98 Å². The van der Waals surface area contributed by atoms with Gasteiger partial charge in [-0.2, -0.15) is 0 Å². The van der Waals surface area contributed by atoms with Crippen molar-refractivity contribution in [1.29, 1.82) is 0 Å². The highest BCUT2D eigenvalue weighted by Gasteiger charge is 2.21. The first-order valence-electron chi connectivity index (χ1n) is 4.85. The first-order valence-corrected chi connectivity index (χ1v) is 4.85. The second-order valence-corrected chi connectivity index (χ2v) is 3.58. The molecule has 0 aromatic carbocycles. The molecular formula is C11H13NO2. The highest BCUT2D eigenvalue weighted by Crippen LogP contribution is 2.36. The van der Waals surface area contributed by atoms with Gasteiger partial charge in [-0.05, 0) is 25.0 Å². The van der Waals surface area contributed by atoms with Crippen molar-refractivity contribution in [2.75, 3.05) is 7.11 Å². The van der Waals surface area contributed by atoms with Crippen LogP contribution in [-0.4, -0.2) is 18.4 Å². The third kappa shape index (κ3) is 1.50. The van der Waals surface area contributed by atoms with Crippen molar-refractivity contribution < 1.29 is 9.53 Å². The summed E-state index contributed by atoms with van der Waals surface area (Å²) < 4.78 is 5.05. The molecule has 0 amide bonds. The van der Waals surface area contributed by atoms with Crippen molar-refractivity contribution in [3.63, 3.8) is 0 Å². The SMILES string of the molecule is COc1nc(C2CCC2)ccc1C=O. The summed E-state index contributed by atoms with van der Waals surface area (Å²) in [6, 6.07) is 3.71. The van der Waals surface area contributed by atoms with Gasteiger partial charge in [0.2, 0.25) is 5.88 Å². The lowest BCUT2D eigenvalue weighted by atomic mass is 9.82. The van der Waals surface area contributed by atoms with Crippen LogP contribution in [0.2, 0.25) is 0 Å². The molecule has 1 saturated carbocycles. The van der Waals surface area contributed by atoms with Gasteiger partial charge in [0.25, 0.3) is 0 Å². The Morgan fingerprint density at radius 3 is 2.79 bits per heavy atom. The van der Waals surface area contributed by atoms with Crippen LogP contribution in [0.3, 0.4) is 0 Å². The summed E-state index contributed by atoms with van der Waals surface area (Å²) in [6.45, 7) is 0. The summed E-state index contributed by atoms with van der Waals surface area (Å²) in [5, 5.41) is 0. The van der Waals surface area contributed by atoms with E-state index in [1.54, 1.807) is 13.2 Å². The Morgan fingerprint density at radius 1 is 1.50 bits per heavy atom. The second kappa shape index (κ2) is 3.78. The molecule has 0 bridgehead atoms. The van der Waals surface area contributed by atoms with Crippen LogP contribution in [0, 0.1) is 0 Å². The van der Waals surface area contributed by atoms with Crippen LogP contribution in [0.4, 0.5) is 0 Å². The van der Waals surface area contributed by atoms with E-state index in [1.165, 1.54) is 19.3 Å². The minimum atomic E-state index is 0.449. The molecule has 0 atom stereocenters. The lowest BCUT2D eigenvalue weighted by Gasteiger charge is -2.24. The molecule has 1 aromatic rings. The molecule has 0 unspecified atom stereocenters. The third-order valence-electron chi connectivity index (χ3n) is 2.76. The molecular weight excluding hydrogens is 178 g/mol. The Labute approximate surface area is 83.1 Å². The average molecular weight is 191 g/mol. The van der Waals surface area contributed by atoms with E-state index in [1.807, 2.05) is 6.07 Å². The molecule has 0 spiro atoms. The summed E-state index contributed by atoms with van der Waals surface area (Å²) in [4.78, 5) is 15.0. The first kappa shape index (κ1) is 9.19. The normalized spacial score (nSPS) is 16.1. The number of carbonyl (C=O) groups excluding carboxylic acids is 1. The number of carbonyl (C=O) groups is 1. The fraction of sp³-hybridized carbons (Fsp3) is 0.455. The number of nitrogens with zero attached hydrogens (tertiary/aromatic N) is 1. The van der Waals surface area contributed by atoms with Gasteiger partial charge in [-0.3, -0.25) is 4.79 Å². The number of hydrogen-bond donors (Lipinski definition) is 0. The predicted molar refractivity (Wildman–Crippen MR) is 52.8 cm³/mol. The average Bonchev–Trinajstić information content (AvgIpc) is 2.15. The maximum absolute atomic E-state index is 10.6. The Hall–Kier alpha value is -1.38. The highest BCUT2D eigenvalue weighted by atomic mass is 16.5. The molecule has 0 N–H and O–H groups in total. The third-order valence-corrected chi connectivity index (χ3v) is 2.76. The van der Waals surface area contributed by atoms with E-state index in [2.05, 4.69) is 4.98 Å². The minimum Gasteiger partial charge on any atom is -0.480 e. The Morgan fingerprint density at radius 2 is 2.29 bits per heavy atom. The highest BCUT2D eigenvalue weighted by molar-refractivity contribution is 5.78.